The molecule has 1 aromatic heterocycles. The van der Waals surface area contributed by atoms with E-state index in [1.807, 2.05) is 25.1 Å². The van der Waals surface area contributed by atoms with Gasteiger partial charge >= 0.3 is 0 Å². The lowest BCUT2D eigenvalue weighted by Crippen LogP contribution is -1.87. The second-order valence-corrected chi connectivity index (χ2v) is 5.61. The van der Waals surface area contributed by atoms with E-state index in [4.69, 9.17) is 4.74 Å². The molecule has 1 heterocycles. The van der Waals surface area contributed by atoms with Crippen molar-refractivity contribution in [3.05, 3.63) is 54.0 Å². The fourth-order valence-corrected chi connectivity index (χ4v) is 3.21. The number of methoxy groups -OCH3 is 1. The fourth-order valence-electron chi connectivity index (χ4n) is 2.20. The van der Waals surface area contributed by atoms with Crippen molar-refractivity contribution in [1.29, 1.82) is 0 Å². The minimum Gasteiger partial charge on any atom is -0.494 e. The van der Waals surface area contributed by atoms with Crippen LogP contribution in [0, 0.1) is 12.7 Å². The van der Waals surface area contributed by atoms with E-state index in [-0.39, 0.29) is 11.6 Å². The number of benzene rings is 2. The van der Waals surface area contributed by atoms with Crippen LogP contribution in [-0.4, -0.2) is 12.1 Å². The summed E-state index contributed by atoms with van der Waals surface area (Å²) in [5, 5.41) is 0.981. The van der Waals surface area contributed by atoms with Gasteiger partial charge in [-0.05, 0) is 25.1 Å². The third kappa shape index (κ3) is 2.27. The molecule has 4 heteroatoms. The Kier molecular flexibility index (Phi) is 3.40. The topological polar surface area (TPSA) is 25.0 Å². The summed E-state index contributed by atoms with van der Waals surface area (Å²) in [6, 6.07) is 13.4. The molecule has 0 radical (unpaired) electrons. The minimum absolute atomic E-state index is 0.270. The first kappa shape index (κ1) is 13.1. The monoisotopic (exact) mass is 287 g/mol. The van der Waals surface area contributed by atoms with Gasteiger partial charge in [-0.2, -0.15) is 0 Å². The molecule has 0 unspecified atom stereocenters. The quantitative estimate of drug-likeness (QED) is 0.750. The van der Waals surface area contributed by atoms with Crippen molar-refractivity contribution < 1.29 is 9.13 Å². The van der Waals surface area contributed by atoms with Gasteiger partial charge in [0.25, 0.3) is 0 Å². The Morgan fingerprint density at radius 2 is 1.90 bits per heavy atom. The summed E-state index contributed by atoms with van der Waals surface area (Å²) in [5.74, 6) is -0.0797. The van der Waals surface area contributed by atoms with Crippen LogP contribution >= 0.6 is 11.8 Å². The molecule has 3 rings (SSSR count). The van der Waals surface area contributed by atoms with Gasteiger partial charge in [0.15, 0.2) is 11.6 Å². The molecule has 0 aliphatic rings. The predicted molar refractivity (Wildman–Crippen MR) is 80.1 cm³/mol. The van der Waals surface area contributed by atoms with Crippen molar-refractivity contribution in [2.75, 3.05) is 7.11 Å². The molecule has 1 N–H and O–H groups in total. The number of aryl methyl sites for hydroxylation is 1. The minimum atomic E-state index is -0.350. The number of fused-ring (bicyclic) bond motifs is 1. The summed E-state index contributed by atoms with van der Waals surface area (Å²) in [6.07, 6.45) is 0. The molecule has 0 aliphatic heterocycles. The molecule has 2 nitrogen and oxygen atoms in total. The van der Waals surface area contributed by atoms with Crippen LogP contribution in [0.3, 0.4) is 0 Å². The molecule has 0 saturated carbocycles. The van der Waals surface area contributed by atoms with Gasteiger partial charge in [0, 0.05) is 32.5 Å². The Bertz CT molecular complexity index is 752. The molecule has 0 amide bonds. The van der Waals surface area contributed by atoms with E-state index in [0.717, 1.165) is 26.4 Å². The first-order valence-electron chi connectivity index (χ1n) is 6.27. The Morgan fingerprint density at radius 3 is 2.60 bits per heavy atom. The molecule has 3 aromatic rings. The lowest BCUT2D eigenvalue weighted by Gasteiger charge is -2.04. The van der Waals surface area contributed by atoms with Crippen LogP contribution in [0.1, 0.15) is 5.69 Å². The smallest absolute Gasteiger partial charge is 0.167 e. The number of aromatic amines is 1. The van der Waals surface area contributed by atoms with Gasteiger partial charge in [-0.25, -0.2) is 4.39 Å². The van der Waals surface area contributed by atoms with Gasteiger partial charge < -0.3 is 9.72 Å². The fraction of sp³-hybridized carbons (Fsp3) is 0.125. The normalized spacial score (nSPS) is 10.9. The Morgan fingerprint density at radius 1 is 1.15 bits per heavy atom. The van der Waals surface area contributed by atoms with E-state index in [2.05, 4.69) is 17.1 Å². The third-order valence-electron chi connectivity index (χ3n) is 3.16. The first-order valence-corrected chi connectivity index (χ1v) is 7.09. The summed E-state index contributed by atoms with van der Waals surface area (Å²) in [5.41, 5.74) is 1.82. The van der Waals surface area contributed by atoms with Crippen molar-refractivity contribution >= 4 is 22.7 Å². The largest absolute Gasteiger partial charge is 0.494 e. The zero-order chi connectivity index (χ0) is 14.1. The highest BCUT2D eigenvalue weighted by atomic mass is 32.2. The average molecular weight is 287 g/mol. The summed E-state index contributed by atoms with van der Waals surface area (Å²) in [4.78, 5) is 5.48. The molecule has 0 spiro atoms. The SMILES string of the molecule is COc1cc2c(Sc3ccccc3)c(C)[nH]c2cc1F. The number of halogens is 1. The molecule has 0 atom stereocenters. The zero-order valence-corrected chi connectivity index (χ0v) is 12.1. The number of ether oxygens (including phenoxy) is 1. The zero-order valence-electron chi connectivity index (χ0n) is 11.2. The van der Waals surface area contributed by atoms with Gasteiger partial charge in [0.1, 0.15) is 0 Å². The molecular formula is C16H14FNOS. The number of nitrogens with one attached hydrogen (secondary N) is 1. The van der Waals surface area contributed by atoms with Crippen LogP contribution in [0.15, 0.2) is 52.3 Å². The van der Waals surface area contributed by atoms with Crippen LogP contribution in [-0.2, 0) is 0 Å². The number of hydrogen-bond donors (Lipinski definition) is 1. The Hall–Kier alpha value is -1.94. The van der Waals surface area contributed by atoms with Crippen molar-refractivity contribution in [3.63, 3.8) is 0 Å². The summed E-state index contributed by atoms with van der Waals surface area (Å²) < 4.78 is 18.8. The molecule has 2 aromatic carbocycles. The molecule has 0 fully saturated rings. The van der Waals surface area contributed by atoms with Crippen molar-refractivity contribution in [2.24, 2.45) is 0 Å². The summed E-state index contributed by atoms with van der Waals surface area (Å²) in [7, 11) is 1.48. The highest BCUT2D eigenvalue weighted by Gasteiger charge is 2.13. The van der Waals surface area contributed by atoms with Crippen LogP contribution in [0.2, 0.25) is 0 Å². The van der Waals surface area contributed by atoms with Gasteiger partial charge in [0.05, 0.1) is 7.11 Å². The molecule has 0 aliphatic carbocycles. The van der Waals surface area contributed by atoms with E-state index in [1.54, 1.807) is 17.8 Å². The van der Waals surface area contributed by atoms with Crippen LogP contribution < -0.4 is 4.74 Å². The van der Waals surface area contributed by atoms with Crippen molar-refractivity contribution in [2.45, 2.75) is 16.7 Å². The predicted octanol–water partition coefficient (Wildman–Crippen LogP) is 4.78. The van der Waals surface area contributed by atoms with E-state index < -0.39 is 0 Å². The Labute approximate surface area is 121 Å². The lowest BCUT2D eigenvalue weighted by atomic mass is 10.2. The maximum atomic E-state index is 13.7. The summed E-state index contributed by atoms with van der Waals surface area (Å²) in [6.45, 7) is 2.00. The lowest BCUT2D eigenvalue weighted by molar-refractivity contribution is 0.387. The van der Waals surface area contributed by atoms with Crippen molar-refractivity contribution in [1.82, 2.24) is 4.98 Å². The third-order valence-corrected chi connectivity index (χ3v) is 4.40. The second-order valence-electron chi connectivity index (χ2n) is 4.53. The second kappa shape index (κ2) is 5.21. The molecule has 0 bridgehead atoms. The molecular weight excluding hydrogens is 273 g/mol. The standard InChI is InChI=1S/C16H14FNOS/c1-10-16(20-11-6-4-3-5-7-11)12-8-15(19-2)13(17)9-14(12)18-10/h3-9,18H,1-2H3. The van der Waals surface area contributed by atoms with Gasteiger partial charge in [-0.1, -0.05) is 30.0 Å². The van der Waals surface area contributed by atoms with E-state index in [1.165, 1.54) is 13.2 Å². The van der Waals surface area contributed by atoms with E-state index in [9.17, 15) is 4.39 Å². The number of aromatic nitrogens is 1. The highest BCUT2D eigenvalue weighted by molar-refractivity contribution is 7.99. The highest BCUT2D eigenvalue weighted by Crippen LogP contribution is 2.38. The summed E-state index contributed by atoms with van der Waals surface area (Å²) >= 11 is 1.67. The van der Waals surface area contributed by atoms with Gasteiger partial charge in [-0.3, -0.25) is 0 Å². The van der Waals surface area contributed by atoms with Crippen LogP contribution in [0.25, 0.3) is 10.9 Å². The molecule has 102 valence electrons. The maximum Gasteiger partial charge on any atom is 0.167 e. The average Bonchev–Trinajstić information content (AvgIpc) is 2.74. The molecule has 0 saturated heterocycles. The van der Waals surface area contributed by atoms with Crippen LogP contribution in [0.4, 0.5) is 4.39 Å². The number of H-pyrrole nitrogens is 1. The maximum absolute atomic E-state index is 13.7. The van der Waals surface area contributed by atoms with Gasteiger partial charge in [0.2, 0.25) is 0 Å². The number of hydrogen-bond acceptors (Lipinski definition) is 2. The Balaban J connectivity index is 2.12. The first-order chi connectivity index (χ1) is 9.69. The van der Waals surface area contributed by atoms with Crippen LogP contribution in [0.5, 0.6) is 5.75 Å². The number of rotatable bonds is 3. The van der Waals surface area contributed by atoms with E-state index >= 15 is 0 Å². The molecule has 20 heavy (non-hydrogen) atoms. The van der Waals surface area contributed by atoms with E-state index in [0.29, 0.717) is 0 Å². The van der Waals surface area contributed by atoms with Gasteiger partial charge in [-0.15, -0.1) is 0 Å². The van der Waals surface area contributed by atoms with Crippen molar-refractivity contribution in [3.8, 4) is 5.75 Å².